The zero-order chi connectivity index (χ0) is 15.5. The molecule has 2 unspecified atom stereocenters. The van der Waals surface area contributed by atoms with Crippen molar-refractivity contribution < 1.29 is 9.90 Å². The van der Waals surface area contributed by atoms with Gasteiger partial charge in [-0.15, -0.1) is 0 Å². The Bertz CT molecular complexity index is 637. The Morgan fingerprint density at radius 3 is 2.95 bits per heavy atom. The molecule has 0 bridgehead atoms. The van der Waals surface area contributed by atoms with Crippen LogP contribution in [0.4, 0.5) is 0 Å². The van der Waals surface area contributed by atoms with Crippen molar-refractivity contribution in [2.75, 3.05) is 6.54 Å². The van der Waals surface area contributed by atoms with Crippen molar-refractivity contribution in [1.82, 2.24) is 14.7 Å². The van der Waals surface area contributed by atoms with Crippen molar-refractivity contribution in [3.8, 4) is 5.69 Å². The lowest BCUT2D eigenvalue weighted by atomic mass is 9.97. The minimum absolute atomic E-state index is 0.0143. The summed E-state index contributed by atoms with van der Waals surface area (Å²) >= 11 is 0. The molecule has 3 rings (SSSR count). The smallest absolute Gasteiger partial charge is 0.254 e. The number of nitrogens with zero attached hydrogens (tertiary/aromatic N) is 3. The average Bonchev–Trinajstić information content (AvgIpc) is 3.09. The number of piperidine rings is 1. The summed E-state index contributed by atoms with van der Waals surface area (Å²) in [7, 11) is 0. The molecule has 22 heavy (non-hydrogen) atoms. The highest BCUT2D eigenvalue weighted by molar-refractivity contribution is 5.95. The maximum atomic E-state index is 12.8. The first-order chi connectivity index (χ1) is 10.7. The van der Waals surface area contributed by atoms with E-state index in [2.05, 4.69) is 5.10 Å². The number of aliphatic hydroxyl groups excluding tert-OH is 1. The Labute approximate surface area is 130 Å². The van der Waals surface area contributed by atoms with Gasteiger partial charge in [-0.2, -0.15) is 5.10 Å². The number of rotatable bonds is 3. The molecule has 5 heteroatoms. The summed E-state index contributed by atoms with van der Waals surface area (Å²) in [5, 5.41) is 14.1. The molecule has 1 saturated heterocycles. The Balaban J connectivity index is 1.86. The summed E-state index contributed by atoms with van der Waals surface area (Å²) in [5.74, 6) is -0.0143. The molecule has 1 aromatic heterocycles. The van der Waals surface area contributed by atoms with Gasteiger partial charge < -0.3 is 10.0 Å². The third-order valence-electron chi connectivity index (χ3n) is 4.23. The molecule has 1 N–H and O–H groups in total. The molecule has 0 spiro atoms. The predicted molar refractivity (Wildman–Crippen MR) is 83.9 cm³/mol. The molecular formula is C17H21N3O2. The van der Waals surface area contributed by atoms with Crippen LogP contribution in [0.25, 0.3) is 5.69 Å². The van der Waals surface area contributed by atoms with Gasteiger partial charge in [0.1, 0.15) is 0 Å². The Morgan fingerprint density at radius 2 is 2.23 bits per heavy atom. The fourth-order valence-electron chi connectivity index (χ4n) is 3.08. The van der Waals surface area contributed by atoms with E-state index in [9.17, 15) is 9.90 Å². The fraction of sp³-hybridized carbons (Fsp3) is 0.412. The maximum Gasteiger partial charge on any atom is 0.254 e. The van der Waals surface area contributed by atoms with Gasteiger partial charge in [-0.25, -0.2) is 4.68 Å². The van der Waals surface area contributed by atoms with Crippen LogP contribution in [0.15, 0.2) is 42.7 Å². The fourth-order valence-corrected chi connectivity index (χ4v) is 3.08. The normalized spacial score (nSPS) is 19.9. The first-order valence-corrected chi connectivity index (χ1v) is 7.76. The molecular weight excluding hydrogens is 278 g/mol. The topological polar surface area (TPSA) is 58.4 Å². The van der Waals surface area contributed by atoms with Crippen molar-refractivity contribution >= 4 is 5.91 Å². The lowest BCUT2D eigenvalue weighted by Crippen LogP contribution is -2.48. The Hall–Kier alpha value is -2.14. The van der Waals surface area contributed by atoms with Crippen molar-refractivity contribution in [1.29, 1.82) is 0 Å². The van der Waals surface area contributed by atoms with E-state index in [4.69, 9.17) is 0 Å². The van der Waals surface area contributed by atoms with Gasteiger partial charge in [0.25, 0.3) is 5.91 Å². The first kappa shape index (κ1) is 14.8. The van der Waals surface area contributed by atoms with E-state index < -0.39 is 6.10 Å². The van der Waals surface area contributed by atoms with E-state index in [1.165, 1.54) is 0 Å². The van der Waals surface area contributed by atoms with E-state index in [-0.39, 0.29) is 11.9 Å². The van der Waals surface area contributed by atoms with E-state index in [0.717, 1.165) is 24.9 Å². The number of benzene rings is 1. The van der Waals surface area contributed by atoms with Crippen LogP contribution in [0.1, 0.15) is 36.5 Å². The number of likely N-dealkylation sites (tertiary alicyclic amines) is 1. The van der Waals surface area contributed by atoms with Crippen molar-refractivity contribution in [2.45, 2.75) is 38.3 Å². The molecule has 1 amide bonds. The van der Waals surface area contributed by atoms with Crippen molar-refractivity contribution in [3.05, 3.63) is 48.3 Å². The zero-order valence-corrected chi connectivity index (χ0v) is 12.7. The van der Waals surface area contributed by atoms with Gasteiger partial charge in [-0.3, -0.25) is 4.79 Å². The van der Waals surface area contributed by atoms with Gasteiger partial charge in [0.15, 0.2) is 0 Å². The van der Waals surface area contributed by atoms with Crippen molar-refractivity contribution in [3.63, 3.8) is 0 Å². The molecule has 2 atom stereocenters. The van der Waals surface area contributed by atoms with E-state index in [1.807, 2.05) is 41.4 Å². The lowest BCUT2D eigenvalue weighted by molar-refractivity contribution is 0.0281. The largest absolute Gasteiger partial charge is 0.391 e. The summed E-state index contributed by atoms with van der Waals surface area (Å²) in [5.41, 5.74) is 1.50. The lowest BCUT2D eigenvalue weighted by Gasteiger charge is -2.37. The molecule has 2 heterocycles. The molecule has 0 radical (unpaired) electrons. The predicted octanol–water partition coefficient (Wildman–Crippen LogP) is 2.25. The number of hydrogen-bond donors (Lipinski definition) is 1. The highest BCUT2D eigenvalue weighted by atomic mass is 16.3. The van der Waals surface area contributed by atoms with Gasteiger partial charge >= 0.3 is 0 Å². The van der Waals surface area contributed by atoms with E-state index in [0.29, 0.717) is 12.1 Å². The summed E-state index contributed by atoms with van der Waals surface area (Å²) in [4.78, 5) is 14.6. The van der Waals surface area contributed by atoms with Gasteiger partial charge in [0.2, 0.25) is 0 Å². The van der Waals surface area contributed by atoms with Gasteiger partial charge in [0.05, 0.1) is 17.8 Å². The van der Waals surface area contributed by atoms with Crippen LogP contribution in [0.2, 0.25) is 0 Å². The number of aliphatic hydroxyl groups is 1. The summed E-state index contributed by atoms with van der Waals surface area (Å²) in [6.07, 6.45) is 5.98. The Morgan fingerprint density at radius 1 is 1.36 bits per heavy atom. The van der Waals surface area contributed by atoms with Gasteiger partial charge in [-0.05, 0) is 50.5 Å². The van der Waals surface area contributed by atoms with Gasteiger partial charge in [0, 0.05) is 24.5 Å². The van der Waals surface area contributed by atoms with Crippen LogP contribution in [-0.4, -0.2) is 44.4 Å². The number of amides is 1. The Kier molecular flexibility index (Phi) is 4.24. The first-order valence-electron chi connectivity index (χ1n) is 7.76. The molecule has 1 fully saturated rings. The number of carbonyl (C=O) groups excluding carboxylic acids is 1. The van der Waals surface area contributed by atoms with Crippen LogP contribution in [-0.2, 0) is 0 Å². The molecule has 0 saturated carbocycles. The molecule has 2 aromatic rings. The average molecular weight is 299 g/mol. The number of hydrogen-bond acceptors (Lipinski definition) is 3. The molecule has 1 aliphatic heterocycles. The third-order valence-corrected chi connectivity index (χ3v) is 4.23. The van der Waals surface area contributed by atoms with Crippen LogP contribution < -0.4 is 0 Å². The quantitative estimate of drug-likeness (QED) is 0.945. The SMILES string of the molecule is CC(O)C1CCCCN1C(=O)c1cccc(-n2cccn2)c1. The van der Waals surface area contributed by atoms with Crippen LogP contribution in [0.5, 0.6) is 0 Å². The third kappa shape index (κ3) is 2.90. The van der Waals surface area contributed by atoms with Crippen LogP contribution in [0, 0.1) is 0 Å². The monoisotopic (exact) mass is 299 g/mol. The second-order valence-electron chi connectivity index (χ2n) is 5.80. The zero-order valence-electron chi connectivity index (χ0n) is 12.7. The highest BCUT2D eigenvalue weighted by Crippen LogP contribution is 2.22. The number of aromatic nitrogens is 2. The van der Waals surface area contributed by atoms with E-state index >= 15 is 0 Å². The molecule has 116 valence electrons. The van der Waals surface area contributed by atoms with Crippen LogP contribution >= 0.6 is 0 Å². The maximum absolute atomic E-state index is 12.8. The number of carbonyl (C=O) groups is 1. The van der Waals surface area contributed by atoms with E-state index in [1.54, 1.807) is 17.8 Å². The standard InChI is InChI=1S/C17H21N3O2/c1-13(21)16-8-2-3-10-19(16)17(22)14-6-4-7-15(12-14)20-11-5-9-18-20/h4-7,9,11-13,16,21H,2-3,8,10H2,1H3. The minimum Gasteiger partial charge on any atom is -0.391 e. The van der Waals surface area contributed by atoms with Crippen LogP contribution in [0.3, 0.4) is 0 Å². The van der Waals surface area contributed by atoms with Crippen molar-refractivity contribution in [2.24, 2.45) is 0 Å². The molecule has 5 nitrogen and oxygen atoms in total. The second-order valence-corrected chi connectivity index (χ2v) is 5.80. The summed E-state index contributed by atoms with van der Waals surface area (Å²) < 4.78 is 1.74. The molecule has 0 aliphatic carbocycles. The highest BCUT2D eigenvalue weighted by Gasteiger charge is 2.30. The summed E-state index contributed by atoms with van der Waals surface area (Å²) in [6.45, 7) is 2.47. The summed E-state index contributed by atoms with van der Waals surface area (Å²) in [6, 6.07) is 9.22. The minimum atomic E-state index is -0.501. The molecule has 1 aliphatic rings. The van der Waals surface area contributed by atoms with Gasteiger partial charge in [-0.1, -0.05) is 6.07 Å². The molecule has 1 aromatic carbocycles. The second kappa shape index (κ2) is 6.32.